The summed E-state index contributed by atoms with van der Waals surface area (Å²) in [5.74, 6) is -1.45. The largest absolute Gasteiger partial charge is 0.481 e. The number of carbonyl (C=O) groups excluding carboxylic acids is 2. The number of unbranched alkanes of at least 4 members (excludes halogenated alkanes) is 4. The molecule has 21 heteroatoms. The lowest BCUT2D eigenvalue weighted by Gasteiger charge is -2.21. The number of nitrogens with zero attached hydrogens (tertiary/aromatic N) is 2. The molecule has 2 heterocycles. The van der Waals surface area contributed by atoms with Gasteiger partial charge in [-0.2, -0.15) is 9.29 Å². The molecule has 0 saturated carbocycles. The van der Waals surface area contributed by atoms with Gasteiger partial charge in [-0.15, -0.1) is 0 Å². The number of hydrogen-bond donors (Lipinski definition) is 6. The molecule has 1 fully saturated rings. The maximum absolute atomic E-state index is 12.9. The Labute approximate surface area is 442 Å². The van der Waals surface area contributed by atoms with Crippen LogP contribution in [0.3, 0.4) is 0 Å². The molecule has 0 bridgehead atoms. The van der Waals surface area contributed by atoms with E-state index in [1.165, 1.54) is 6.07 Å². The van der Waals surface area contributed by atoms with E-state index in [-0.39, 0.29) is 18.7 Å². The number of aliphatic hydroxyl groups excluding tert-OH is 3. The molecule has 0 radical (unpaired) electrons. The Bertz CT molecular complexity index is 2250. The van der Waals surface area contributed by atoms with E-state index in [2.05, 4.69) is 77.0 Å². The zero-order valence-electron chi connectivity index (χ0n) is 43.4. The number of phosphoric ester groups is 2. The number of anilines is 1. The van der Waals surface area contributed by atoms with E-state index in [1.807, 2.05) is 61.6 Å². The maximum Gasteiger partial charge on any atom is 0.481 e. The van der Waals surface area contributed by atoms with Crippen molar-refractivity contribution >= 4 is 33.4 Å². The zero-order chi connectivity index (χ0) is 55.0. The quantitative estimate of drug-likeness (QED) is 0.0117. The number of aromatic nitrogens is 2. The molecule has 1 aromatic heterocycles. The van der Waals surface area contributed by atoms with Crippen LogP contribution < -0.4 is 11.4 Å². The van der Waals surface area contributed by atoms with Gasteiger partial charge in [0, 0.05) is 19.0 Å². The third-order valence-corrected chi connectivity index (χ3v) is 13.2. The molecule has 0 amide bonds. The van der Waals surface area contributed by atoms with E-state index in [1.54, 1.807) is 6.08 Å². The van der Waals surface area contributed by atoms with Gasteiger partial charge in [0.1, 0.15) is 30.7 Å². The first-order valence-electron chi connectivity index (χ1n) is 25.7. The summed E-state index contributed by atoms with van der Waals surface area (Å²) in [4.78, 5) is 61.9. The molecule has 418 valence electrons. The molecule has 8 atom stereocenters. The monoisotopic (exact) mass is 1090 g/mol. The average molecular weight is 1090 g/mol. The number of hydrogen-bond acceptors (Lipinski definition) is 16. The van der Waals surface area contributed by atoms with Gasteiger partial charge in [-0.3, -0.25) is 23.2 Å². The first-order chi connectivity index (χ1) is 36.1. The van der Waals surface area contributed by atoms with Crippen molar-refractivity contribution in [3.8, 4) is 0 Å². The van der Waals surface area contributed by atoms with Crippen LogP contribution in [-0.2, 0) is 46.3 Å². The summed E-state index contributed by atoms with van der Waals surface area (Å²) >= 11 is 0. The van der Waals surface area contributed by atoms with Crippen LogP contribution in [-0.4, -0.2) is 96.9 Å². The third kappa shape index (κ3) is 33.0. The number of aliphatic hydroxyl groups is 3. The number of phosphoric acid groups is 2. The number of nitrogens with two attached hydrogens (primary N) is 1. The Morgan fingerprint density at radius 2 is 1.25 bits per heavy atom. The summed E-state index contributed by atoms with van der Waals surface area (Å²) in [6.07, 6.45) is 44.8. The van der Waals surface area contributed by atoms with Crippen LogP contribution in [0.2, 0.25) is 0 Å². The summed E-state index contributed by atoms with van der Waals surface area (Å²) in [6, 6.07) is 1.24. The van der Waals surface area contributed by atoms with Crippen molar-refractivity contribution in [2.75, 3.05) is 25.6 Å². The number of esters is 2. The molecule has 2 rings (SSSR count). The van der Waals surface area contributed by atoms with Crippen LogP contribution >= 0.6 is 15.6 Å². The molecule has 0 aromatic carbocycles. The Morgan fingerprint density at radius 1 is 0.707 bits per heavy atom. The lowest BCUT2D eigenvalue weighted by atomic mass is 10.1. The number of rotatable bonds is 40. The van der Waals surface area contributed by atoms with Gasteiger partial charge < -0.3 is 45.1 Å². The van der Waals surface area contributed by atoms with Crippen molar-refractivity contribution in [2.24, 2.45) is 0 Å². The molecule has 3 unspecified atom stereocenters. The van der Waals surface area contributed by atoms with Crippen LogP contribution in [0.5, 0.6) is 0 Å². The number of ether oxygens (including phenoxy) is 3. The van der Waals surface area contributed by atoms with Crippen molar-refractivity contribution in [3.63, 3.8) is 0 Å². The van der Waals surface area contributed by atoms with Crippen molar-refractivity contribution in [2.45, 2.75) is 160 Å². The highest BCUT2D eigenvalue weighted by atomic mass is 31.3. The van der Waals surface area contributed by atoms with Gasteiger partial charge in [-0.1, -0.05) is 142 Å². The van der Waals surface area contributed by atoms with Crippen molar-refractivity contribution in [3.05, 3.63) is 144 Å². The Balaban J connectivity index is 1.85. The van der Waals surface area contributed by atoms with Gasteiger partial charge in [-0.25, -0.2) is 13.9 Å². The third-order valence-electron chi connectivity index (χ3n) is 10.6. The van der Waals surface area contributed by atoms with E-state index in [0.717, 1.165) is 75.0 Å². The highest BCUT2D eigenvalue weighted by Gasteiger charge is 2.46. The van der Waals surface area contributed by atoms with Gasteiger partial charge in [0.2, 0.25) is 0 Å². The Kier molecular flexibility index (Phi) is 35.7. The molecule has 75 heavy (non-hydrogen) atoms. The minimum Gasteiger partial charge on any atom is -0.462 e. The summed E-state index contributed by atoms with van der Waals surface area (Å²) in [6.45, 7) is 1.69. The predicted molar refractivity (Wildman–Crippen MR) is 290 cm³/mol. The molecule has 1 aliphatic heterocycles. The summed E-state index contributed by atoms with van der Waals surface area (Å²) in [7, 11) is -10.9. The number of allylic oxidation sites excluding steroid dienone is 18. The molecule has 7 N–H and O–H groups in total. The van der Waals surface area contributed by atoms with Crippen LogP contribution in [0.15, 0.2) is 139 Å². The van der Waals surface area contributed by atoms with E-state index < -0.39 is 89.8 Å². The highest BCUT2D eigenvalue weighted by molar-refractivity contribution is 7.61. The topological polar surface area (TPSA) is 286 Å². The van der Waals surface area contributed by atoms with Gasteiger partial charge in [0.15, 0.2) is 12.3 Å². The normalized spacial score (nSPS) is 20.2. The zero-order valence-corrected chi connectivity index (χ0v) is 45.2. The molecule has 1 aliphatic rings. The predicted octanol–water partition coefficient (Wildman–Crippen LogP) is 9.74. The van der Waals surface area contributed by atoms with Crippen LogP contribution in [0.25, 0.3) is 0 Å². The SMILES string of the molecule is CC/C=C\C/C=C\C/C=C\C/C=C\C/C=C\CCCCCC(=O)OC[C@H](COP(=O)(O)OP(=O)(O)OC[C@H]1O[C@@H](n2ccc(N)nc2=O)[C@H](O)[C@@H]1O)OC(=O)CCC/C=C\C/C=C\C/C=C\C=C\CC(O)/C=C\CC. The first-order valence-corrected chi connectivity index (χ1v) is 28.6. The number of carbonyl (C=O) groups is 2. The van der Waals surface area contributed by atoms with Crippen molar-refractivity contribution in [1.29, 1.82) is 0 Å². The average Bonchev–Trinajstić information content (AvgIpc) is 3.65. The summed E-state index contributed by atoms with van der Waals surface area (Å²) < 4.78 is 56.7. The fraction of sp³-hybridized carbons (Fsp3) is 0.519. The molecule has 1 saturated heterocycles. The highest BCUT2D eigenvalue weighted by Crippen LogP contribution is 2.60. The van der Waals surface area contributed by atoms with E-state index in [9.17, 15) is 48.6 Å². The standard InChI is InChI=1S/C54H81N3O16P2/c1-3-5-7-8-9-10-11-12-13-14-15-16-17-18-22-25-28-31-34-38-49(59)68-42-46(71-50(60)39-35-32-29-26-23-20-19-21-24-27-30-33-37-45(58)36-6-4-2)43-69-74(64,65)73-75(66,67)70-44-47-51(61)52(62)53(72-47)57-41-40-48(55)56-54(57)63/h5-7,9-10,12-13,15-16,18-20,22,24,26-27,29-30,33,36,40-41,45-47,51-53,58,61-62H,3-4,8,11,14,17,21,23,25,28,31-32,34-35,37-39,42-44H2,1-2H3,(H,64,65)(H,66,67)(H2,55,56,63)/b7-5-,10-9-,13-12-,16-15-,20-19-,22-18-,27-24-,29-26-,33-30+,36-6-/t45?,46-,47-,51-,52-,53-/m1/s1. The second-order valence-corrected chi connectivity index (χ2v) is 20.1. The fourth-order valence-corrected chi connectivity index (χ4v) is 8.80. The second-order valence-electron chi connectivity index (χ2n) is 17.1. The molecule has 0 aliphatic carbocycles. The molecular formula is C54H81N3O16P2. The summed E-state index contributed by atoms with van der Waals surface area (Å²) in [5, 5.41) is 30.7. The summed E-state index contributed by atoms with van der Waals surface area (Å²) in [5.41, 5.74) is 4.57. The molecule has 1 aromatic rings. The van der Waals surface area contributed by atoms with Crippen LogP contribution in [0, 0.1) is 0 Å². The first kappa shape index (κ1) is 66.2. The van der Waals surface area contributed by atoms with Gasteiger partial charge in [0.05, 0.1) is 19.3 Å². The van der Waals surface area contributed by atoms with Gasteiger partial charge in [-0.05, 0) is 96.0 Å². The van der Waals surface area contributed by atoms with Gasteiger partial charge >= 0.3 is 33.3 Å². The van der Waals surface area contributed by atoms with Crippen LogP contribution in [0.4, 0.5) is 5.82 Å². The smallest absolute Gasteiger partial charge is 0.462 e. The molecule has 19 nitrogen and oxygen atoms in total. The Hall–Kier alpha value is -4.88. The Morgan fingerprint density at radius 3 is 1.87 bits per heavy atom. The number of nitrogen functional groups attached to an aromatic ring is 1. The lowest BCUT2D eigenvalue weighted by Crippen LogP contribution is -2.36. The lowest BCUT2D eigenvalue weighted by molar-refractivity contribution is -0.161. The fourth-order valence-electron chi connectivity index (χ4n) is 6.69. The van der Waals surface area contributed by atoms with Gasteiger partial charge in [0.25, 0.3) is 0 Å². The minimum absolute atomic E-state index is 0.0589. The van der Waals surface area contributed by atoms with Crippen LogP contribution in [0.1, 0.15) is 129 Å². The molecular weight excluding hydrogens is 1010 g/mol. The van der Waals surface area contributed by atoms with Crippen molar-refractivity contribution < 1.29 is 71.4 Å². The van der Waals surface area contributed by atoms with E-state index in [4.69, 9.17) is 29.0 Å². The van der Waals surface area contributed by atoms with E-state index >= 15 is 0 Å². The molecule has 0 spiro atoms. The van der Waals surface area contributed by atoms with E-state index in [0.29, 0.717) is 32.1 Å². The second kappa shape index (κ2) is 40.4. The van der Waals surface area contributed by atoms with Crippen molar-refractivity contribution in [1.82, 2.24) is 9.55 Å². The maximum atomic E-state index is 12.9. The minimum atomic E-state index is -5.46.